The van der Waals surface area contributed by atoms with Crippen LogP contribution >= 0.6 is 0 Å². The molecule has 3 rings (SSSR count). The number of amides is 2. The SMILES string of the molecule is COC(=O)C1CCCN2C(=O)CCC(NC(CCc3ccccc3)C(=O)O)C(=O)N12. The van der Waals surface area contributed by atoms with Gasteiger partial charge in [-0.25, -0.2) is 9.80 Å². The van der Waals surface area contributed by atoms with Crippen molar-refractivity contribution in [3.8, 4) is 0 Å². The fourth-order valence-electron chi connectivity index (χ4n) is 4.02. The molecule has 0 saturated carbocycles. The number of rotatable bonds is 7. The molecule has 0 radical (unpaired) electrons. The second-order valence-corrected chi connectivity index (χ2v) is 7.55. The van der Waals surface area contributed by atoms with E-state index in [1.165, 1.54) is 17.1 Å². The summed E-state index contributed by atoms with van der Waals surface area (Å²) in [4.78, 5) is 49.8. The first-order valence-corrected chi connectivity index (χ1v) is 10.2. The number of nitrogens with zero attached hydrogens (tertiary/aromatic N) is 2. The Kier molecular flexibility index (Phi) is 7.04. The molecule has 0 bridgehead atoms. The summed E-state index contributed by atoms with van der Waals surface area (Å²) in [5.41, 5.74) is 1.00. The van der Waals surface area contributed by atoms with Crippen LogP contribution in [0.25, 0.3) is 0 Å². The van der Waals surface area contributed by atoms with Gasteiger partial charge in [-0.3, -0.25) is 24.7 Å². The molecule has 162 valence electrons. The number of esters is 1. The first kappa shape index (κ1) is 21.8. The number of hydrogen-bond donors (Lipinski definition) is 2. The standard InChI is InChI=1S/C21H27N3O6/c1-30-21(29)17-8-5-13-23-18(25)12-11-15(19(26)24(17)23)22-16(20(27)28)10-9-14-6-3-2-4-7-14/h2-4,6-7,15-17,22H,5,8-13H2,1H3,(H,27,28). The van der Waals surface area contributed by atoms with Gasteiger partial charge in [-0.1, -0.05) is 30.3 Å². The Hall–Kier alpha value is -2.94. The monoisotopic (exact) mass is 417 g/mol. The Morgan fingerprint density at radius 1 is 1.23 bits per heavy atom. The zero-order valence-corrected chi connectivity index (χ0v) is 17.0. The fourth-order valence-corrected chi connectivity index (χ4v) is 4.02. The summed E-state index contributed by atoms with van der Waals surface area (Å²) in [6.07, 6.45) is 2.08. The molecule has 3 atom stereocenters. The molecule has 3 unspecified atom stereocenters. The molecule has 2 aliphatic rings. The molecule has 0 aliphatic carbocycles. The van der Waals surface area contributed by atoms with Crippen LogP contribution in [-0.2, 0) is 30.3 Å². The van der Waals surface area contributed by atoms with Crippen molar-refractivity contribution in [2.45, 2.75) is 56.7 Å². The van der Waals surface area contributed by atoms with Crippen LogP contribution in [-0.4, -0.2) is 70.7 Å². The number of fused-ring (bicyclic) bond motifs is 1. The number of hydrogen-bond acceptors (Lipinski definition) is 6. The number of hydrazine groups is 1. The van der Waals surface area contributed by atoms with Crippen molar-refractivity contribution in [2.24, 2.45) is 0 Å². The van der Waals surface area contributed by atoms with Gasteiger partial charge < -0.3 is 9.84 Å². The molecule has 1 aromatic carbocycles. The lowest BCUT2D eigenvalue weighted by molar-refractivity contribution is -0.182. The van der Waals surface area contributed by atoms with Crippen LogP contribution in [0.15, 0.2) is 30.3 Å². The van der Waals surface area contributed by atoms with E-state index >= 15 is 0 Å². The molecule has 2 saturated heterocycles. The van der Waals surface area contributed by atoms with E-state index in [1.807, 2.05) is 30.3 Å². The van der Waals surface area contributed by atoms with Crippen LogP contribution in [0.1, 0.15) is 37.7 Å². The van der Waals surface area contributed by atoms with Crippen LogP contribution in [0.5, 0.6) is 0 Å². The number of nitrogens with one attached hydrogen (secondary N) is 1. The van der Waals surface area contributed by atoms with E-state index in [4.69, 9.17) is 4.74 Å². The Morgan fingerprint density at radius 3 is 2.63 bits per heavy atom. The molecular weight excluding hydrogens is 390 g/mol. The average molecular weight is 417 g/mol. The molecule has 0 spiro atoms. The minimum Gasteiger partial charge on any atom is -0.480 e. The van der Waals surface area contributed by atoms with E-state index in [-0.39, 0.29) is 18.7 Å². The minimum atomic E-state index is -1.06. The van der Waals surface area contributed by atoms with Gasteiger partial charge in [0.25, 0.3) is 5.91 Å². The lowest BCUT2D eigenvalue weighted by atomic mass is 10.0. The smallest absolute Gasteiger partial charge is 0.330 e. The van der Waals surface area contributed by atoms with Crippen LogP contribution < -0.4 is 5.32 Å². The highest BCUT2D eigenvalue weighted by Gasteiger charge is 2.45. The zero-order valence-electron chi connectivity index (χ0n) is 17.0. The van der Waals surface area contributed by atoms with Gasteiger partial charge in [-0.2, -0.15) is 0 Å². The Labute approximate surface area is 174 Å². The van der Waals surface area contributed by atoms with Gasteiger partial charge in [0.15, 0.2) is 6.04 Å². The Morgan fingerprint density at radius 2 is 1.97 bits per heavy atom. The van der Waals surface area contributed by atoms with Gasteiger partial charge >= 0.3 is 11.9 Å². The van der Waals surface area contributed by atoms with Crippen LogP contribution in [0, 0.1) is 0 Å². The number of benzene rings is 1. The average Bonchev–Trinajstić information content (AvgIpc) is 2.88. The van der Waals surface area contributed by atoms with Crippen molar-refractivity contribution in [2.75, 3.05) is 13.7 Å². The number of carbonyl (C=O) groups is 4. The molecule has 2 aliphatic heterocycles. The largest absolute Gasteiger partial charge is 0.480 e. The van der Waals surface area contributed by atoms with Crippen molar-refractivity contribution in [1.82, 2.24) is 15.3 Å². The van der Waals surface area contributed by atoms with Gasteiger partial charge in [0.1, 0.15) is 6.04 Å². The lowest BCUT2D eigenvalue weighted by Crippen LogP contribution is -2.62. The predicted molar refractivity (Wildman–Crippen MR) is 106 cm³/mol. The zero-order chi connectivity index (χ0) is 21.7. The third kappa shape index (κ3) is 4.79. The number of carbonyl (C=O) groups excluding carboxylic acids is 3. The van der Waals surface area contributed by atoms with Gasteiger partial charge in [0, 0.05) is 13.0 Å². The summed E-state index contributed by atoms with van der Waals surface area (Å²) in [5, 5.41) is 15.1. The highest BCUT2D eigenvalue weighted by molar-refractivity contribution is 5.92. The van der Waals surface area contributed by atoms with E-state index in [0.29, 0.717) is 32.2 Å². The van der Waals surface area contributed by atoms with Gasteiger partial charge in [0.05, 0.1) is 13.2 Å². The second kappa shape index (κ2) is 9.71. The molecule has 2 heterocycles. The van der Waals surface area contributed by atoms with Crippen molar-refractivity contribution >= 4 is 23.8 Å². The third-order valence-electron chi connectivity index (χ3n) is 5.60. The van der Waals surface area contributed by atoms with Crippen molar-refractivity contribution < 1.29 is 29.0 Å². The molecular formula is C21H27N3O6. The molecule has 0 aromatic heterocycles. The van der Waals surface area contributed by atoms with E-state index in [0.717, 1.165) is 5.56 Å². The summed E-state index contributed by atoms with van der Waals surface area (Å²) in [5.74, 6) is -2.37. The molecule has 1 aromatic rings. The molecule has 2 fully saturated rings. The maximum atomic E-state index is 13.3. The van der Waals surface area contributed by atoms with Gasteiger partial charge in [-0.05, 0) is 37.7 Å². The topological polar surface area (TPSA) is 116 Å². The molecule has 9 nitrogen and oxygen atoms in total. The predicted octanol–water partition coefficient (Wildman–Crippen LogP) is 0.732. The molecule has 9 heteroatoms. The van der Waals surface area contributed by atoms with Crippen LogP contribution in [0.2, 0.25) is 0 Å². The minimum absolute atomic E-state index is 0.0961. The summed E-state index contributed by atoms with van der Waals surface area (Å²) < 4.78 is 4.82. The number of aryl methyl sites for hydroxylation is 1. The van der Waals surface area contributed by atoms with E-state index in [9.17, 15) is 24.3 Å². The normalized spacial score (nSPS) is 22.8. The second-order valence-electron chi connectivity index (χ2n) is 7.55. The van der Waals surface area contributed by atoms with Crippen molar-refractivity contribution in [3.63, 3.8) is 0 Å². The number of aliphatic carboxylic acids is 1. The number of carboxylic acid groups (broad SMARTS) is 1. The highest BCUT2D eigenvalue weighted by atomic mass is 16.5. The number of carboxylic acids is 1. The third-order valence-corrected chi connectivity index (χ3v) is 5.60. The summed E-state index contributed by atoms with van der Waals surface area (Å²) in [6.45, 7) is 0.348. The first-order valence-electron chi connectivity index (χ1n) is 10.2. The summed E-state index contributed by atoms with van der Waals surface area (Å²) >= 11 is 0. The quantitative estimate of drug-likeness (QED) is 0.628. The van der Waals surface area contributed by atoms with Gasteiger partial charge in [0.2, 0.25) is 5.91 Å². The molecule has 30 heavy (non-hydrogen) atoms. The molecule has 2 amide bonds. The van der Waals surface area contributed by atoms with Gasteiger partial charge in [-0.15, -0.1) is 0 Å². The van der Waals surface area contributed by atoms with Crippen molar-refractivity contribution in [3.05, 3.63) is 35.9 Å². The number of methoxy groups -OCH3 is 1. The van der Waals surface area contributed by atoms with Crippen LogP contribution in [0.4, 0.5) is 0 Å². The van der Waals surface area contributed by atoms with Crippen molar-refractivity contribution in [1.29, 1.82) is 0 Å². The van der Waals surface area contributed by atoms with Crippen LogP contribution in [0.3, 0.4) is 0 Å². The first-order chi connectivity index (χ1) is 14.4. The maximum Gasteiger partial charge on any atom is 0.330 e. The summed E-state index contributed by atoms with van der Waals surface area (Å²) in [7, 11) is 1.24. The van der Waals surface area contributed by atoms with E-state index in [1.54, 1.807) is 0 Å². The Balaban J connectivity index is 1.76. The highest BCUT2D eigenvalue weighted by Crippen LogP contribution is 2.25. The lowest BCUT2D eigenvalue weighted by Gasteiger charge is -2.42. The molecule has 2 N–H and O–H groups in total. The number of ether oxygens (including phenoxy) is 1. The van der Waals surface area contributed by atoms with E-state index < -0.39 is 36.0 Å². The Bertz CT molecular complexity index is 799. The maximum absolute atomic E-state index is 13.3. The summed E-state index contributed by atoms with van der Waals surface area (Å²) in [6, 6.07) is 6.79. The van der Waals surface area contributed by atoms with E-state index in [2.05, 4.69) is 5.32 Å². The fraction of sp³-hybridized carbons (Fsp3) is 0.524.